The third kappa shape index (κ3) is 3.01. The van der Waals surface area contributed by atoms with Crippen molar-refractivity contribution in [1.29, 1.82) is 0 Å². The van der Waals surface area contributed by atoms with Gasteiger partial charge in [0.1, 0.15) is 11.6 Å². The van der Waals surface area contributed by atoms with E-state index in [0.29, 0.717) is 11.5 Å². The van der Waals surface area contributed by atoms with Gasteiger partial charge in [-0.2, -0.15) is 0 Å². The van der Waals surface area contributed by atoms with E-state index in [1.807, 2.05) is 0 Å². The lowest BCUT2D eigenvalue weighted by atomic mass is 9.70. The number of rotatable bonds is 5. The van der Waals surface area contributed by atoms with Crippen LogP contribution in [0.25, 0.3) is 0 Å². The quantitative estimate of drug-likeness (QED) is 0.631. The van der Waals surface area contributed by atoms with Gasteiger partial charge < -0.3 is 0 Å². The molecule has 3 N–H and O–H groups in total. The molecule has 1 aromatic rings. The average molecular weight is 282 g/mol. The van der Waals surface area contributed by atoms with E-state index in [2.05, 4.69) is 19.3 Å². The molecule has 2 nitrogen and oxygen atoms in total. The third-order valence-electron chi connectivity index (χ3n) is 4.47. The lowest BCUT2D eigenvalue weighted by Gasteiger charge is -2.39. The Morgan fingerprint density at radius 2 is 1.90 bits per heavy atom. The molecule has 0 heterocycles. The fourth-order valence-electron chi connectivity index (χ4n) is 3.83. The Kier molecular flexibility index (Phi) is 4.76. The fraction of sp³-hybridized carbons (Fsp3) is 0.625. The van der Waals surface area contributed by atoms with Gasteiger partial charge in [-0.15, -0.1) is 0 Å². The zero-order valence-corrected chi connectivity index (χ0v) is 12.3. The molecule has 1 aromatic carbocycles. The first-order valence-corrected chi connectivity index (χ1v) is 7.39. The number of benzene rings is 1. The topological polar surface area (TPSA) is 38.0 Å². The summed E-state index contributed by atoms with van der Waals surface area (Å²) in [7, 11) is 0. The molecule has 112 valence electrons. The highest BCUT2D eigenvalue weighted by Crippen LogP contribution is 2.51. The highest BCUT2D eigenvalue weighted by Gasteiger charge is 2.42. The molecule has 0 bridgehead atoms. The summed E-state index contributed by atoms with van der Waals surface area (Å²) in [6.45, 7) is 4.35. The molecule has 0 radical (unpaired) electrons. The number of hydrogen-bond acceptors (Lipinski definition) is 2. The van der Waals surface area contributed by atoms with E-state index in [1.165, 1.54) is 12.1 Å². The Hall–Kier alpha value is -1.00. The van der Waals surface area contributed by atoms with Gasteiger partial charge in [-0.05, 0) is 36.7 Å². The normalized spacial score (nSPS) is 19.5. The lowest BCUT2D eigenvalue weighted by Crippen LogP contribution is -2.41. The highest BCUT2D eigenvalue weighted by atomic mass is 19.1. The van der Waals surface area contributed by atoms with E-state index >= 15 is 0 Å². The number of hydrogen-bond donors (Lipinski definition) is 2. The van der Waals surface area contributed by atoms with Crippen molar-refractivity contribution < 1.29 is 8.78 Å². The molecule has 1 aliphatic carbocycles. The van der Waals surface area contributed by atoms with E-state index < -0.39 is 11.6 Å². The second-order valence-corrected chi connectivity index (χ2v) is 6.43. The molecule has 1 aliphatic rings. The van der Waals surface area contributed by atoms with Crippen LogP contribution >= 0.6 is 0 Å². The first-order chi connectivity index (χ1) is 9.48. The molecule has 1 atom stereocenters. The van der Waals surface area contributed by atoms with Gasteiger partial charge in [-0.25, -0.2) is 8.78 Å². The van der Waals surface area contributed by atoms with Crippen molar-refractivity contribution in [3.63, 3.8) is 0 Å². The van der Waals surface area contributed by atoms with Gasteiger partial charge >= 0.3 is 0 Å². The van der Waals surface area contributed by atoms with Crippen molar-refractivity contribution in [2.45, 2.75) is 52.0 Å². The number of nitrogens with one attached hydrogen (secondary N) is 1. The Labute approximate surface area is 119 Å². The van der Waals surface area contributed by atoms with Crippen LogP contribution in [0.5, 0.6) is 0 Å². The second-order valence-electron chi connectivity index (χ2n) is 6.43. The average Bonchev–Trinajstić information content (AvgIpc) is 2.81. The predicted molar refractivity (Wildman–Crippen MR) is 76.8 cm³/mol. The molecule has 1 saturated carbocycles. The van der Waals surface area contributed by atoms with Crippen LogP contribution in [0.1, 0.15) is 57.6 Å². The van der Waals surface area contributed by atoms with Crippen molar-refractivity contribution in [2.24, 2.45) is 17.2 Å². The Bertz CT molecular complexity index is 454. The maximum absolute atomic E-state index is 14.1. The minimum atomic E-state index is -0.550. The summed E-state index contributed by atoms with van der Waals surface area (Å²) in [6.07, 6.45) is 5.37. The summed E-state index contributed by atoms with van der Waals surface area (Å²) < 4.78 is 27.2. The summed E-state index contributed by atoms with van der Waals surface area (Å²) in [6, 6.07) is 3.52. The maximum Gasteiger partial charge on any atom is 0.130 e. The lowest BCUT2D eigenvalue weighted by molar-refractivity contribution is 0.153. The van der Waals surface area contributed by atoms with E-state index in [-0.39, 0.29) is 11.5 Å². The molecule has 2 rings (SSSR count). The Morgan fingerprint density at radius 3 is 2.40 bits per heavy atom. The van der Waals surface area contributed by atoms with Crippen LogP contribution in [-0.2, 0) is 0 Å². The van der Waals surface area contributed by atoms with Crippen LogP contribution in [0.3, 0.4) is 0 Å². The molecule has 0 saturated heterocycles. The standard InChI is InChI=1S/C16H24F2N2/c1-11(2)10-16(7-3-4-8-16)15(20-19)13-6-5-12(17)9-14(13)18/h5-6,9,11,15,20H,3-4,7-8,10,19H2,1-2H3. The van der Waals surface area contributed by atoms with Gasteiger partial charge in [0.15, 0.2) is 0 Å². The Balaban J connectivity index is 2.38. The minimum Gasteiger partial charge on any atom is -0.271 e. The molecule has 20 heavy (non-hydrogen) atoms. The number of halogens is 2. The molecular formula is C16H24F2N2. The van der Waals surface area contributed by atoms with E-state index in [4.69, 9.17) is 5.84 Å². The zero-order valence-electron chi connectivity index (χ0n) is 12.3. The summed E-state index contributed by atoms with van der Waals surface area (Å²) in [4.78, 5) is 0. The molecule has 4 heteroatoms. The second kappa shape index (κ2) is 6.19. The maximum atomic E-state index is 14.1. The predicted octanol–water partition coefficient (Wildman–Crippen LogP) is 4.08. The van der Waals surface area contributed by atoms with Crippen molar-refractivity contribution in [1.82, 2.24) is 5.43 Å². The Morgan fingerprint density at radius 1 is 1.25 bits per heavy atom. The van der Waals surface area contributed by atoms with Gasteiger partial charge in [-0.1, -0.05) is 32.8 Å². The van der Waals surface area contributed by atoms with Crippen LogP contribution in [0.4, 0.5) is 8.78 Å². The summed E-state index contributed by atoms with van der Waals surface area (Å²) in [5.74, 6) is 5.20. The van der Waals surface area contributed by atoms with E-state index in [9.17, 15) is 8.78 Å². The smallest absolute Gasteiger partial charge is 0.130 e. The van der Waals surface area contributed by atoms with Crippen LogP contribution in [0.2, 0.25) is 0 Å². The van der Waals surface area contributed by atoms with Gasteiger partial charge in [0.05, 0.1) is 6.04 Å². The number of hydrazine groups is 1. The van der Waals surface area contributed by atoms with Crippen LogP contribution < -0.4 is 11.3 Å². The SMILES string of the molecule is CC(C)CC1(C(NN)c2ccc(F)cc2F)CCCC1. The van der Waals surface area contributed by atoms with E-state index in [0.717, 1.165) is 38.2 Å². The molecule has 0 spiro atoms. The molecule has 1 unspecified atom stereocenters. The number of nitrogens with two attached hydrogens (primary N) is 1. The first kappa shape index (κ1) is 15.4. The van der Waals surface area contributed by atoms with Gasteiger partial charge in [-0.3, -0.25) is 11.3 Å². The zero-order chi connectivity index (χ0) is 14.8. The fourth-order valence-corrected chi connectivity index (χ4v) is 3.83. The summed E-state index contributed by atoms with van der Waals surface area (Å²) in [5, 5.41) is 0. The highest BCUT2D eigenvalue weighted by molar-refractivity contribution is 5.25. The van der Waals surface area contributed by atoms with Crippen molar-refractivity contribution in [3.05, 3.63) is 35.4 Å². The summed E-state index contributed by atoms with van der Waals surface area (Å²) >= 11 is 0. The van der Waals surface area contributed by atoms with Crippen molar-refractivity contribution in [3.8, 4) is 0 Å². The minimum absolute atomic E-state index is 0.0262. The largest absolute Gasteiger partial charge is 0.271 e. The monoisotopic (exact) mass is 282 g/mol. The van der Waals surface area contributed by atoms with Gasteiger partial charge in [0, 0.05) is 11.6 Å². The molecule has 1 fully saturated rings. The first-order valence-electron chi connectivity index (χ1n) is 7.39. The van der Waals surface area contributed by atoms with Crippen molar-refractivity contribution >= 4 is 0 Å². The molecular weight excluding hydrogens is 258 g/mol. The van der Waals surface area contributed by atoms with Crippen LogP contribution in [-0.4, -0.2) is 0 Å². The molecule has 0 amide bonds. The van der Waals surface area contributed by atoms with Crippen molar-refractivity contribution in [2.75, 3.05) is 0 Å². The van der Waals surface area contributed by atoms with Gasteiger partial charge in [0.25, 0.3) is 0 Å². The van der Waals surface area contributed by atoms with E-state index in [1.54, 1.807) is 0 Å². The third-order valence-corrected chi connectivity index (χ3v) is 4.47. The van der Waals surface area contributed by atoms with Gasteiger partial charge in [0.2, 0.25) is 0 Å². The van der Waals surface area contributed by atoms with Crippen LogP contribution in [0, 0.1) is 23.0 Å². The molecule has 0 aliphatic heterocycles. The summed E-state index contributed by atoms with van der Waals surface area (Å²) in [5.41, 5.74) is 3.26. The van der Waals surface area contributed by atoms with Crippen LogP contribution in [0.15, 0.2) is 18.2 Å². The molecule has 0 aromatic heterocycles.